The normalized spacial score (nSPS) is 16.1. The van der Waals surface area contributed by atoms with E-state index in [2.05, 4.69) is 4.72 Å². The lowest BCUT2D eigenvalue weighted by Crippen LogP contribution is -2.36. The molecule has 0 saturated heterocycles. The first-order chi connectivity index (χ1) is 11.2. The van der Waals surface area contributed by atoms with Gasteiger partial charge >= 0.3 is 0 Å². The molecule has 6 nitrogen and oxygen atoms in total. The molecule has 0 aromatic heterocycles. The number of rotatable bonds is 7. The average molecular weight is 354 g/mol. The highest BCUT2D eigenvalue weighted by molar-refractivity contribution is 7.89. The van der Waals surface area contributed by atoms with Crippen LogP contribution in [-0.2, 0) is 10.0 Å². The fourth-order valence-corrected chi connectivity index (χ4v) is 4.12. The van der Waals surface area contributed by atoms with E-state index in [1.165, 1.54) is 19.2 Å². The Kier molecular flexibility index (Phi) is 5.55. The first kappa shape index (κ1) is 18.7. The van der Waals surface area contributed by atoms with E-state index in [1.54, 1.807) is 31.9 Å². The Morgan fingerprint density at radius 1 is 1.29 bits per heavy atom. The topological polar surface area (TPSA) is 75.7 Å². The van der Waals surface area contributed by atoms with Gasteiger partial charge in [-0.1, -0.05) is 0 Å². The van der Waals surface area contributed by atoms with Gasteiger partial charge in [0.2, 0.25) is 10.0 Å². The third kappa shape index (κ3) is 4.08. The number of nitrogens with zero attached hydrogens (tertiary/aromatic N) is 1. The van der Waals surface area contributed by atoms with E-state index in [9.17, 15) is 13.2 Å². The molecule has 1 aromatic carbocycles. The molecule has 7 heteroatoms. The van der Waals surface area contributed by atoms with Crippen LogP contribution in [0.4, 0.5) is 0 Å². The van der Waals surface area contributed by atoms with E-state index in [0.717, 1.165) is 12.8 Å². The highest BCUT2D eigenvalue weighted by Crippen LogP contribution is 2.35. The summed E-state index contributed by atoms with van der Waals surface area (Å²) in [6, 6.07) is 4.41. The van der Waals surface area contributed by atoms with Crippen molar-refractivity contribution in [1.82, 2.24) is 9.62 Å². The summed E-state index contributed by atoms with van der Waals surface area (Å²) in [5.74, 6) is 0.582. The molecule has 2 rings (SSSR count). The number of methoxy groups -OCH3 is 1. The van der Waals surface area contributed by atoms with Crippen LogP contribution < -0.4 is 9.46 Å². The summed E-state index contributed by atoms with van der Waals surface area (Å²) in [6.45, 7) is 5.51. The van der Waals surface area contributed by atoms with Gasteiger partial charge in [0, 0.05) is 24.7 Å². The van der Waals surface area contributed by atoms with Gasteiger partial charge in [-0.05, 0) is 57.7 Å². The van der Waals surface area contributed by atoms with Crippen molar-refractivity contribution in [2.75, 3.05) is 14.2 Å². The zero-order valence-corrected chi connectivity index (χ0v) is 15.7. The van der Waals surface area contributed by atoms with Crippen molar-refractivity contribution in [2.24, 2.45) is 5.92 Å². The molecule has 1 unspecified atom stereocenters. The van der Waals surface area contributed by atoms with Crippen LogP contribution in [0.25, 0.3) is 0 Å². The van der Waals surface area contributed by atoms with Crippen molar-refractivity contribution in [3.63, 3.8) is 0 Å². The molecular formula is C17H26N2O4S. The molecule has 1 N–H and O–H groups in total. The molecule has 1 fully saturated rings. The Bertz CT molecular complexity index is 711. The molecule has 1 atom stereocenters. The van der Waals surface area contributed by atoms with Crippen LogP contribution in [0.2, 0.25) is 0 Å². The lowest BCUT2D eigenvalue weighted by Gasteiger charge is -2.25. The zero-order chi connectivity index (χ0) is 18.1. The largest absolute Gasteiger partial charge is 0.495 e. The Morgan fingerprint density at radius 2 is 1.92 bits per heavy atom. The summed E-state index contributed by atoms with van der Waals surface area (Å²) in [6.07, 6.45) is 2.28. The van der Waals surface area contributed by atoms with Gasteiger partial charge in [-0.25, -0.2) is 13.1 Å². The van der Waals surface area contributed by atoms with Gasteiger partial charge in [-0.2, -0.15) is 0 Å². The lowest BCUT2D eigenvalue weighted by atomic mass is 10.1. The standard InChI is InChI=1S/C17H26N2O4S/c1-11(2)18-24(21,22)16-10-14(8-9-15(16)23-5)17(20)19(4)12(3)13-6-7-13/h8-13,18H,6-7H2,1-5H3. The molecule has 1 saturated carbocycles. The first-order valence-corrected chi connectivity index (χ1v) is 9.63. The maximum atomic E-state index is 12.7. The summed E-state index contributed by atoms with van der Waals surface area (Å²) in [7, 11) is -0.585. The highest BCUT2D eigenvalue weighted by atomic mass is 32.2. The van der Waals surface area contributed by atoms with Crippen LogP contribution >= 0.6 is 0 Å². The van der Waals surface area contributed by atoms with Gasteiger partial charge < -0.3 is 9.64 Å². The number of carbonyl (C=O) groups is 1. The van der Waals surface area contributed by atoms with Crippen molar-refractivity contribution in [3.8, 4) is 5.75 Å². The van der Waals surface area contributed by atoms with Gasteiger partial charge in [0.15, 0.2) is 0 Å². The van der Waals surface area contributed by atoms with Crippen LogP contribution in [0.3, 0.4) is 0 Å². The molecule has 1 amide bonds. The van der Waals surface area contributed by atoms with Crippen LogP contribution in [0.5, 0.6) is 5.75 Å². The summed E-state index contributed by atoms with van der Waals surface area (Å²) >= 11 is 0. The van der Waals surface area contributed by atoms with Gasteiger partial charge in [-0.15, -0.1) is 0 Å². The maximum absolute atomic E-state index is 12.7. The molecule has 24 heavy (non-hydrogen) atoms. The number of nitrogens with one attached hydrogen (secondary N) is 1. The second kappa shape index (κ2) is 7.11. The molecule has 0 aliphatic heterocycles. The van der Waals surface area contributed by atoms with E-state index < -0.39 is 10.0 Å². The van der Waals surface area contributed by atoms with Crippen molar-refractivity contribution in [3.05, 3.63) is 23.8 Å². The van der Waals surface area contributed by atoms with Crippen molar-refractivity contribution < 1.29 is 17.9 Å². The number of benzene rings is 1. The predicted octanol–water partition coefficient (Wildman–Crippen LogP) is 2.25. The Morgan fingerprint density at radius 3 is 2.42 bits per heavy atom. The fraction of sp³-hybridized carbons (Fsp3) is 0.588. The van der Waals surface area contributed by atoms with Gasteiger partial charge in [-0.3, -0.25) is 4.79 Å². The monoisotopic (exact) mass is 354 g/mol. The molecular weight excluding hydrogens is 328 g/mol. The molecule has 0 bridgehead atoms. The average Bonchev–Trinajstić information content (AvgIpc) is 3.35. The third-order valence-electron chi connectivity index (χ3n) is 4.33. The zero-order valence-electron chi connectivity index (χ0n) is 14.9. The summed E-state index contributed by atoms with van der Waals surface area (Å²) < 4.78 is 32.7. The van der Waals surface area contributed by atoms with E-state index in [0.29, 0.717) is 11.5 Å². The quantitative estimate of drug-likeness (QED) is 0.815. The molecule has 0 spiro atoms. The summed E-state index contributed by atoms with van der Waals surface area (Å²) in [4.78, 5) is 14.4. The summed E-state index contributed by atoms with van der Waals surface area (Å²) in [5.41, 5.74) is 0.343. The summed E-state index contributed by atoms with van der Waals surface area (Å²) in [5, 5.41) is 0. The molecule has 1 aliphatic carbocycles. The maximum Gasteiger partial charge on any atom is 0.253 e. The number of carbonyl (C=O) groups excluding carboxylic acids is 1. The highest BCUT2D eigenvalue weighted by Gasteiger charge is 2.33. The number of ether oxygens (including phenoxy) is 1. The molecule has 0 radical (unpaired) electrons. The molecule has 1 aliphatic rings. The first-order valence-electron chi connectivity index (χ1n) is 8.15. The van der Waals surface area contributed by atoms with E-state index in [-0.39, 0.29) is 28.6 Å². The van der Waals surface area contributed by atoms with Crippen LogP contribution in [0.15, 0.2) is 23.1 Å². The van der Waals surface area contributed by atoms with Gasteiger partial charge in [0.1, 0.15) is 10.6 Å². The van der Waals surface area contributed by atoms with Crippen LogP contribution in [0, 0.1) is 5.92 Å². The lowest BCUT2D eigenvalue weighted by molar-refractivity contribution is 0.0727. The van der Waals surface area contributed by atoms with Crippen molar-refractivity contribution in [2.45, 2.75) is 50.6 Å². The Hall–Kier alpha value is -1.60. The van der Waals surface area contributed by atoms with Crippen molar-refractivity contribution >= 4 is 15.9 Å². The molecule has 1 aromatic rings. The second-order valence-electron chi connectivity index (χ2n) is 6.64. The smallest absolute Gasteiger partial charge is 0.253 e. The van der Waals surface area contributed by atoms with Crippen LogP contribution in [-0.4, -0.2) is 45.5 Å². The Balaban J connectivity index is 2.35. The fourth-order valence-electron chi connectivity index (χ4n) is 2.68. The molecule has 134 valence electrons. The van der Waals surface area contributed by atoms with Gasteiger partial charge in [0.25, 0.3) is 5.91 Å². The number of hydrogen-bond acceptors (Lipinski definition) is 4. The Labute approximate surface area is 144 Å². The van der Waals surface area contributed by atoms with Gasteiger partial charge in [0.05, 0.1) is 7.11 Å². The third-order valence-corrected chi connectivity index (χ3v) is 6.01. The van der Waals surface area contributed by atoms with E-state index in [4.69, 9.17) is 4.74 Å². The predicted molar refractivity (Wildman–Crippen MR) is 92.7 cm³/mol. The SMILES string of the molecule is COc1ccc(C(=O)N(C)C(C)C2CC2)cc1S(=O)(=O)NC(C)C. The second-order valence-corrected chi connectivity index (χ2v) is 8.32. The minimum atomic E-state index is -3.75. The van der Waals surface area contributed by atoms with E-state index >= 15 is 0 Å². The van der Waals surface area contributed by atoms with E-state index in [1.807, 2.05) is 6.92 Å². The molecule has 0 heterocycles. The minimum Gasteiger partial charge on any atom is -0.495 e. The number of sulfonamides is 1. The minimum absolute atomic E-state index is 0.0166. The van der Waals surface area contributed by atoms with Crippen LogP contribution in [0.1, 0.15) is 44.0 Å². The number of amides is 1. The number of hydrogen-bond donors (Lipinski definition) is 1. The van der Waals surface area contributed by atoms with Crippen molar-refractivity contribution in [1.29, 1.82) is 0 Å².